The lowest BCUT2D eigenvalue weighted by Crippen LogP contribution is -2.38. The van der Waals surface area contributed by atoms with Crippen molar-refractivity contribution >= 4 is 11.8 Å². The molecule has 6 heteroatoms. The first-order valence-corrected chi connectivity index (χ1v) is 5.41. The van der Waals surface area contributed by atoms with Crippen LogP contribution in [0.2, 0.25) is 0 Å². The summed E-state index contributed by atoms with van der Waals surface area (Å²) in [5.41, 5.74) is 0. The van der Waals surface area contributed by atoms with E-state index in [2.05, 4.69) is 0 Å². The van der Waals surface area contributed by atoms with Crippen LogP contribution in [0.5, 0.6) is 0 Å². The molecular weight excluding hydrogens is 212 g/mol. The van der Waals surface area contributed by atoms with Crippen LogP contribution in [0, 0.1) is 0 Å². The number of hydrogen-bond donors (Lipinski definition) is 0. The summed E-state index contributed by atoms with van der Waals surface area (Å²) in [4.78, 5) is 26.0. The van der Waals surface area contributed by atoms with Crippen LogP contribution in [0.15, 0.2) is 0 Å². The maximum absolute atomic E-state index is 11.4. The standard InChI is InChI=1S/C10H16N2O4/c1-8(12-7-16-5-10(12)14)2-3-11-6-15-4-9(11)13/h8H,2-7H2,1H3. The maximum Gasteiger partial charge on any atom is 0.250 e. The van der Waals surface area contributed by atoms with Gasteiger partial charge < -0.3 is 19.3 Å². The maximum atomic E-state index is 11.4. The summed E-state index contributed by atoms with van der Waals surface area (Å²) in [7, 11) is 0. The van der Waals surface area contributed by atoms with Crippen LogP contribution in [0.1, 0.15) is 13.3 Å². The van der Waals surface area contributed by atoms with E-state index in [0.29, 0.717) is 20.0 Å². The zero-order chi connectivity index (χ0) is 11.5. The van der Waals surface area contributed by atoms with Gasteiger partial charge in [-0.1, -0.05) is 0 Å². The number of carbonyl (C=O) groups excluding carboxylic acids is 2. The Balaban J connectivity index is 1.76. The number of hydrogen-bond acceptors (Lipinski definition) is 4. The van der Waals surface area contributed by atoms with Crippen molar-refractivity contribution in [2.45, 2.75) is 19.4 Å². The minimum absolute atomic E-state index is 0.0243. The van der Waals surface area contributed by atoms with Crippen molar-refractivity contribution in [2.24, 2.45) is 0 Å². The molecule has 0 spiro atoms. The second-order valence-electron chi connectivity index (χ2n) is 4.11. The molecule has 0 N–H and O–H groups in total. The van der Waals surface area contributed by atoms with Crippen molar-refractivity contribution < 1.29 is 19.1 Å². The van der Waals surface area contributed by atoms with Gasteiger partial charge in [-0.05, 0) is 13.3 Å². The van der Waals surface area contributed by atoms with Crippen molar-refractivity contribution in [3.63, 3.8) is 0 Å². The van der Waals surface area contributed by atoms with E-state index in [4.69, 9.17) is 9.47 Å². The highest BCUT2D eigenvalue weighted by atomic mass is 16.5. The predicted molar refractivity (Wildman–Crippen MR) is 54.3 cm³/mol. The van der Waals surface area contributed by atoms with Crippen LogP contribution in [-0.4, -0.2) is 60.9 Å². The monoisotopic (exact) mass is 228 g/mol. The number of amides is 2. The van der Waals surface area contributed by atoms with Crippen LogP contribution < -0.4 is 0 Å². The molecule has 2 rings (SSSR count). The van der Waals surface area contributed by atoms with Crippen LogP contribution in [-0.2, 0) is 19.1 Å². The summed E-state index contributed by atoms with van der Waals surface area (Å²) in [6.07, 6.45) is 0.754. The minimum atomic E-state index is 0.0243. The first-order chi connectivity index (χ1) is 7.68. The summed E-state index contributed by atoms with van der Waals surface area (Å²) < 4.78 is 10.1. The van der Waals surface area contributed by atoms with Crippen LogP contribution in [0.25, 0.3) is 0 Å². The van der Waals surface area contributed by atoms with Crippen molar-refractivity contribution in [1.82, 2.24) is 9.80 Å². The zero-order valence-corrected chi connectivity index (χ0v) is 9.35. The molecule has 1 unspecified atom stereocenters. The Hall–Kier alpha value is -1.14. The van der Waals surface area contributed by atoms with Gasteiger partial charge in [-0.2, -0.15) is 0 Å². The van der Waals surface area contributed by atoms with Crippen molar-refractivity contribution in [2.75, 3.05) is 33.2 Å². The molecule has 2 amide bonds. The third-order valence-electron chi connectivity index (χ3n) is 2.95. The molecule has 2 fully saturated rings. The SMILES string of the molecule is CC(CCN1COCC1=O)N1COCC1=O. The number of ether oxygens (including phenoxy) is 2. The van der Waals surface area contributed by atoms with Gasteiger partial charge in [0.05, 0.1) is 0 Å². The highest BCUT2D eigenvalue weighted by Crippen LogP contribution is 2.12. The Labute approximate surface area is 94.1 Å². The fourth-order valence-electron chi connectivity index (χ4n) is 1.85. The average Bonchev–Trinajstić information content (AvgIpc) is 2.84. The molecular formula is C10H16N2O4. The minimum Gasteiger partial charge on any atom is -0.351 e. The van der Waals surface area contributed by atoms with E-state index < -0.39 is 0 Å². The molecule has 1 atom stereocenters. The molecule has 0 aromatic carbocycles. The van der Waals surface area contributed by atoms with Crippen molar-refractivity contribution in [1.29, 1.82) is 0 Å². The van der Waals surface area contributed by atoms with E-state index in [9.17, 15) is 9.59 Å². The molecule has 0 aromatic heterocycles. The third kappa shape index (κ3) is 2.33. The van der Waals surface area contributed by atoms with Gasteiger partial charge in [0.2, 0.25) is 5.91 Å². The normalized spacial score (nSPS) is 23.3. The fraction of sp³-hybridized carbons (Fsp3) is 0.800. The van der Waals surface area contributed by atoms with Gasteiger partial charge >= 0.3 is 0 Å². The third-order valence-corrected chi connectivity index (χ3v) is 2.95. The molecule has 0 saturated carbocycles. The zero-order valence-electron chi connectivity index (χ0n) is 9.35. The summed E-state index contributed by atoms with van der Waals surface area (Å²) in [6.45, 7) is 3.69. The lowest BCUT2D eigenvalue weighted by molar-refractivity contribution is -0.128. The van der Waals surface area contributed by atoms with Crippen LogP contribution >= 0.6 is 0 Å². The van der Waals surface area contributed by atoms with E-state index in [1.807, 2.05) is 6.92 Å². The van der Waals surface area contributed by atoms with Crippen molar-refractivity contribution in [3.8, 4) is 0 Å². The van der Waals surface area contributed by atoms with E-state index in [0.717, 1.165) is 6.42 Å². The fourth-order valence-corrected chi connectivity index (χ4v) is 1.85. The number of rotatable bonds is 4. The molecule has 16 heavy (non-hydrogen) atoms. The highest BCUT2D eigenvalue weighted by molar-refractivity contribution is 5.79. The first-order valence-electron chi connectivity index (χ1n) is 5.41. The van der Waals surface area contributed by atoms with Crippen LogP contribution in [0.3, 0.4) is 0 Å². The smallest absolute Gasteiger partial charge is 0.250 e. The molecule has 2 saturated heterocycles. The molecule has 0 aromatic rings. The van der Waals surface area contributed by atoms with Gasteiger partial charge in [-0.25, -0.2) is 0 Å². The predicted octanol–water partition coefficient (Wildman–Crippen LogP) is -0.602. The average molecular weight is 228 g/mol. The number of nitrogens with zero attached hydrogens (tertiary/aromatic N) is 2. The summed E-state index contributed by atoms with van der Waals surface area (Å²) >= 11 is 0. The van der Waals surface area contributed by atoms with Gasteiger partial charge in [-0.15, -0.1) is 0 Å². The molecule has 0 bridgehead atoms. The van der Waals surface area contributed by atoms with Gasteiger partial charge in [0.15, 0.2) is 0 Å². The van der Waals surface area contributed by atoms with E-state index in [-0.39, 0.29) is 31.1 Å². The largest absolute Gasteiger partial charge is 0.351 e. The van der Waals surface area contributed by atoms with Gasteiger partial charge in [0.1, 0.15) is 26.7 Å². The summed E-state index contributed by atoms with van der Waals surface area (Å²) in [5, 5.41) is 0. The molecule has 2 aliphatic heterocycles. The van der Waals surface area contributed by atoms with E-state index in [1.54, 1.807) is 9.80 Å². The second-order valence-corrected chi connectivity index (χ2v) is 4.11. The molecule has 2 aliphatic rings. The van der Waals surface area contributed by atoms with E-state index in [1.165, 1.54) is 0 Å². The Morgan fingerprint density at radius 2 is 1.88 bits per heavy atom. The van der Waals surface area contributed by atoms with E-state index >= 15 is 0 Å². The lowest BCUT2D eigenvalue weighted by Gasteiger charge is -2.24. The molecule has 0 radical (unpaired) electrons. The van der Waals surface area contributed by atoms with Gasteiger partial charge in [0, 0.05) is 12.6 Å². The van der Waals surface area contributed by atoms with Gasteiger partial charge in [-0.3, -0.25) is 9.59 Å². The Morgan fingerprint density at radius 1 is 1.19 bits per heavy atom. The molecule has 6 nitrogen and oxygen atoms in total. The number of carbonyl (C=O) groups is 2. The molecule has 0 aliphatic carbocycles. The highest BCUT2D eigenvalue weighted by Gasteiger charge is 2.27. The Bertz CT molecular complexity index is 295. The Kier molecular flexibility index (Phi) is 3.40. The van der Waals surface area contributed by atoms with Gasteiger partial charge in [0.25, 0.3) is 5.91 Å². The second kappa shape index (κ2) is 4.80. The summed E-state index contributed by atoms with van der Waals surface area (Å²) in [6, 6.07) is 0.100. The first kappa shape index (κ1) is 11.3. The lowest BCUT2D eigenvalue weighted by atomic mass is 10.2. The quantitative estimate of drug-likeness (QED) is 0.644. The molecule has 90 valence electrons. The summed E-state index contributed by atoms with van der Waals surface area (Å²) in [5.74, 6) is 0.0488. The topological polar surface area (TPSA) is 59.1 Å². The Morgan fingerprint density at radius 3 is 2.44 bits per heavy atom. The van der Waals surface area contributed by atoms with Crippen molar-refractivity contribution in [3.05, 3.63) is 0 Å². The molecule has 2 heterocycles. The van der Waals surface area contributed by atoms with Crippen LogP contribution in [0.4, 0.5) is 0 Å².